The first kappa shape index (κ1) is 17.2. The number of hydrogen-bond acceptors (Lipinski definition) is 4. The van der Waals surface area contributed by atoms with Gasteiger partial charge in [-0.1, -0.05) is 6.42 Å². The minimum absolute atomic E-state index is 0.285. The van der Waals surface area contributed by atoms with E-state index in [-0.39, 0.29) is 13.0 Å². The highest BCUT2D eigenvalue weighted by Gasteiger charge is 2.42. The van der Waals surface area contributed by atoms with Crippen LogP contribution >= 0.6 is 0 Å². The highest BCUT2D eigenvalue weighted by molar-refractivity contribution is 7.90. The van der Waals surface area contributed by atoms with Crippen molar-refractivity contribution in [3.63, 3.8) is 0 Å². The molecule has 0 aromatic heterocycles. The molecule has 5 nitrogen and oxygen atoms in total. The van der Waals surface area contributed by atoms with Crippen molar-refractivity contribution in [2.45, 2.75) is 43.5 Å². The van der Waals surface area contributed by atoms with Crippen LogP contribution in [0.25, 0.3) is 0 Å². The van der Waals surface area contributed by atoms with E-state index in [0.717, 1.165) is 0 Å². The van der Waals surface area contributed by atoms with Gasteiger partial charge in [0.1, 0.15) is 0 Å². The summed E-state index contributed by atoms with van der Waals surface area (Å²) in [6.07, 6.45) is -4.35. The fraction of sp³-hybridized carbons (Fsp3) is 0.909. The summed E-state index contributed by atoms with van der Waals surface area (Å²) in [5.41, 5.74) is 0. The van der Waals surface area contributed by atoms with Gasteiger partial charge in [0.05, 0.1) is 18.3 Å². The van der Waals surface area contributed by atoms with E-state index in [1.165, 1.54) is 7.11 Å². The van der Waals surface area contributed by atoms with E-state index in [1.807, 2.05) is 0 Å². The van der Waals surface area contributed by atoms with E-state index >= 15 is 0 Å². The van der Waals surface area contributed by atoms with Crippen LogP contribution in [0, 0.1) is 5.92 Å². The first-order valence-corrected chi connectivity index (χ1v) is 7.85. The number of alkyl halides is 3. The molecule has 0 spiro atoms. The Kier molecular flexibility index (Phi) is 5.81. The fourth-order valence-electron chi connectivity index (χ4n) is 2.33. The molecule has 0 bridgehead atoms. The molecule has 1 rings (SSSR count). The third-order valence-corrected chi connectivity index (χ3v) is 5.26. The van der Waals surface area contributed by atoms with Gasteiger partial charge in [0.25, 0.3) is 0 Å². The van der Waals surface area contributed by atoms with Crippen LogP contribution in [0.2, 0.25) is 0 Å². The Morgan fingerprint density at radius 1 is 1.35 bits per heavy atom. The molecule has 0 radical (unpaired) electrons. The Morgan fingerprint density at radius 3 is 2.55 bits per heavy atom. The van der Waals surface area contributed by atoms with Crippen molar-refractivity contribution < 1.29 is 31.1 Å². The molecule has 1 aliphatic carbocycles. The number of halogens is 3. The number of methoxy groups -OCH3 is 1. The largest absolute Gasteiger partial charge is 0.469 e. The topological polar surface area (TPSA) is 72.5 Å². The van der Waals surface area contributed by atoms with Crippen LogP contribution < -0.4 is 4.72 Å². The van der Waals surface area contributed by atoms with Gasteiger partial charge in [0.15, 0.2) is 0 Å². The predicted octanol–water partition coefficient (Wildman–Crippen LogP) is 1.59. The normalized spacial score (nSPS) is 23.8. The minimum atomic E-state index is -4.30. The highest BCUT2D eigenvalue weighted by atomic mass is 32.2. The molecule has 1 aliphatic rings. The Balaban J connectivity index is 2.53. The van der Waals surface area contributed by atoms with Crippen LogP contribution in [0.5, 0.6) is 0 Å². The van der Waals surface area contributed by atoms with Crippen LogP contribution in [0.15, 0.2) is 0 Å². The maximum Gasteiger partial charge on any atom is 0.389 e. The van der Waals surface area contributed by atoms with Crippen molar-refractivity contribution in [2.24, 2.45) is 5.92 Å². The van der Waals surface area contributed by atoms with Crippen molar-refractivity contribution in [3.05, 3.63) is 0 Å². The Bertz CT molecular complexity index is 435. The Morgan fingerprint density at radius 2 is 2.00 bits per heavy atom. The first-order valence-electron chi connectivity index (χ1n) is 6.30. The zero-order valence-electron chi connectivity index (χ0n) is 11.1. The molecular formula is C11H18F3NO4S. The van der Waals surface area contributed by atoms with Crippen molar-refractivity contribution in [1.82, 2.24) is 4.72 Å². The Labute approximate surface area is 115 Å². The average molecular weight is 317 g/mol. The van der Waals surface area contributed by atoms with E-state index in [2.05, 4.69) is 9.46 Å². The van der Waals surface area contributed by atoms with Crippen molar-refractivity contribution in [1.29, 1.82) is 0 Å². The third kappa shape index (κ3) is 4.93. The van der Waals surface area contributed by atoms with E-state index in [9.17, 15) is 26.4 Å². The van der Waals surface area contributed by atoms with Gasteiger partial charge in [0.2, 0.25) is 10.0 Å². The quantitative estimate of drug-likeness (QED) is 0.596. The summed E-state index contributed by atoms with van der Waals surface area (Å²) >= 11 is 0. The smallest absolute Gasteiger partial charge is 0.389 e. The van der Waals surface area contributed by atoms with Gasteiger partial charge in [-0.3, -0.25) is 4.79 Å². The zero-order valence-corrected chi connectivity index (χ0v) is 11.9. The molecule has 20 heavy (non-hydrogen) atoms. The van der Waals surface area contributed by atoms with Gasteiger partial charge in [0, 0.05) is 13.0 Å². The van der Waals surface area contributed by atoms with Crippen LogP contribution in [0.1, 0.15) is 32.1 Å². The highest BCUT2D eigenvalue weighted by Crippen LogP contribution is 2.31. The Hall–Kier alpha value is -0.830. The monoisotopic (exact) mass is 317 g/mol. The SMILES string of the molecule is COC(=O)C1CCCC1S(=O)(=O)NCCCC(F)(F)F. The van der Waals surface area contributed by atoms with Crippen LogP contribution in [-0.4, -0.2) is 39.5 Å². The number of esters is 1. The summed E-state index contributed by atoms with van der Waals surface area (Å²) in [6.45, 7) is -0.285. The number of sulfonamides is 1. The van der Waals surface area contributed by atoms with Gasteiger partial charge >= 0.3 is 12.1 Å². The van der Waals surface area contributed by atoms with E-state index in [4.69, 9.17) is 0 Å². The van der Waals surface area contributed by atoms with Gasteiger partial charge in [-0.2, -0.15) is 13.2 Å². The van der Waals surface area contributed by atoms with Gasteiger partial charge < -0.3 is 4.74 Å². The standard InChI is InChI=1S/C11H18F3NO4S/c1-19-10(16)8-4-2-5-9(8)20(17,18)15-7-3-6-11(12,13)14/h8-9,15H,2-7H2,1H3. The van der Waals surface area contributed by atoms with Crippen LogP contribution in [0.3, 0.4) is 0 Å². The number of rotatable bonds is 6. The second kappa shape index (κ2) is 6.75. The molecule has 0 aromatic rings. The third-order valence-electron chi connectivity index (χ3n) is 3.30. The zero-order chi connectivity index (χ0) is 15.4. The lowest BCUT2D eigenvalue weighted by Gasteiger charge is -2.18. The first-order chi connectivity index (χ1) is 9.17. The van der Waals surface area contributed by atoms with Gasteiger partial charge in [-0.15, -0.1) is 0 Å². The summed E-state index contributed by atoms with van der Waals surface area (Å²) in [5, 5.41) is -0.916. The van der Waals surface area contributed by atoms with Gasteiger partial charge in [-0.25, -0.2) is 13.1 Å². The van der Waals surface area contributed by atoms with Crippen molar-refractivity contribution in [3.8, 4) is 0 Å². The second-order valence-corrected chi connectivity index (χ2v) is 6.74. The molecule has 1 fully saturated rings. The lowest BCUT2D eigenvalue weighted by atomic mass is 10.1. The van der Waals surface area contributed by atoms with E-state index in [0.29, 0.717) is 19.3 Å². The second-order valence-electron chi connectivity index (χ2n) is 4.76. The number of ether oxygens (including phenoxy) is 1. The number of carbonyl (C=O) groups is 1. The lowest BCUT2D eigenvalue weighted by molar-refractivity contribution is -0.145. The molecule has 1 N–H and O–H groups in total. The summed E-state index contributed by atoms with van der Waals surface area (Å²) < 4.78 is 66.5. The van der Waals surface area contributed by atoms with E-state index in [1.54, 1.807) is 0 Å². The summed E-state index contributed by atoms with van der Waals surface area (Å²) in [6, 6.07) is 0. The summed E-state index contributed by atoms with van der Waals surface area (Å²) in [4.78, 5) is 11.5. The molecule has 1 saturated carbocycles. The maximum atomic E-state index is 12.0. The molecule has 0 aromatic carbocycles. The summed E-state index contributed by atoms with van der Waals surface area (Å²) in [7, 11) is -2.62. The predicted molar refractivity (Wildman–Crippen MR) is 65.4 cm³/mol. The van der Waals surface area contributed by atoms with Crippen molar-refractivity contribution >= 4 is 16.0 Å². The molecule has 0 amide bonds. The molecule has 0 aliphatic heterocycles. The molecule has 9 heteroatoms. The van der Waals surface area contributed by atoms with Crippen LogP contribution in [0.4, 0.5) is 13.2 Å². The molecular weight excluding hydrogens is 299 g/mol. The van der Waals surface area contributed by atoms with Gasteiger partial charge in [-0.05, 0) is 19.3 Å². The average Bonchev–Trinajstić information content (AvgIpc) is 2.82. The molecule has 0 heterocycles. The number of carbonyl (C=O) groups excluding carboxylic acids is 1. The van der Waals surface area contributed by atoms with Crippen LogP contribution in [-0.2, 0) is 19.6 Å². The molecule has 118 valence electrons. The number of nitrogens with one attached hydrogen (secondary N) is 1. The summed E-state index contributed by atoms with van der Waals surface area (Å²) in [5.74, 6) is -1.33. The van der Waals surface area contributed by atoms with E-state index < -0.39 is 39.8 Å². The molecule has 2 atom stereocenters. The number of hydrogen-bond donors (Lipinski definition) is 1. The maximum absolute atomic E-state index is 12.0. The minimum Gasteiger partial charge on any atom is -0.469 e. The fourth-order valence-corrected chi connectivity index (χ4v) is 4.13. The lowest BCUT2D eigenvalue weighted by Crippen LogP contribution is -2.40. The molecule has 0 saturated heterocycles. The molecule has 2 unspecified atom stereocenters. The van der Waals surface area contributed by atoms with Crippen molar-refractivity contribution in [2.75, 3.05) is 13.7 Å².